The average molecular weight is 359 g/mol. The molecule has 1 aromatic carbocycles. The van der Waals surface area contributed by atoms with Gasteiger partial charge in [-0.05, 0) is 25.1 Å². The van der Waals surface area contributed by atoms with E-state index in [9.17, 15) is 22.8 Å². The van der Waals surface area contributed by atoms with Gasteiger partial charge in [-0.3, -0.25) is 15.0 Å². The number of rotatable bonds is 4. The smallest absolute Gasteiger partial charge is 0.422 e. The number of carbonyl (C=O) groups is 2. The highest BCUT2D eigenvalue weighted by Gasteiger charge is 2.43. The second-order valence-electron chi connectivity index (χ2n) is 6.17. The molecule has 3 amide bonds. The van der Waals surface area contributed by atoms with Crippen molar-refractivity contribution < 1.29 is 32.2 Å². The van der Waals surface area contributed by atoms with Crippen molar-refractivity contribution in [2.75, 3.05) is 19.9 Å². The van der Waals surface area contributed by atoms with E-state index in [-0.39, 0.29) is 19.0 Å². The summed E-state index contributed by atoms with van der Waals surface area (Å²) < 4.78 is 47.0. The molecular weight excluding hydrogens is 343 g/mol. The molecule has 1 atom stereocenters. The first-order valence-corrected chi connectivity index (χ1v) is 7.46. The zero-order valence-corrected chi connectivity index (χ0v) is 13.3. The van der Waals surface area contributed by atoms with Gasteiger partial charge in [-0.15, -0.1) is 0 Å². The number of alkyl halides is 3. The Kier molecular flexibility index (Phi) is 4.23. The number of halogens is 3. The standard InChI is InChI=1S/C15H16F3N3O4/c1-14(12(22)19-13(23)20-14)6-21-5-9-4-10(24-7-15(16,17)18)2-3-11(9)25-8-21/h2-4H,5-8H2,1H3,(H2,19,20,22,23). The van der Waals surface area contributed by atoms with Crippen LogP contribution < -0.4 is 20.1 Å². The molecule has 0 spiro atoms. The molecule has 10 heteroatoms. The van der Waals surface area contributed by atoms with Crippen LogP contribution in [0.4, 0.5) is 18.0 Å². The summed E-state index contributed by atoms with van der Waals surface area (Å²) in [6.07, 6.45) is -4.42. The molecule has 1 unspecified atom stereocenters. The van der Waals surface area contributed by atoms with E-state index in [1.165, 1.54) is 12.1 Å². The minimum atomic E-state index is -4.42. The summed E-state index contributed by atoms with van der Waals surface area (Å²) in [6, 6.07) is 3.87. The summed E-state index contributed by atoms with van der Waals surface area (Å²) in [7, 11) is 0. The number of imide groups is 1. The summed E-state index contributed by atoms with van der Waals surface area (Å²) in [6.45, 7) is 0.940. The molecule has 0 aliphatic carbocycles. The second kappa shape index (κ2) is 6.10. The Hall–Kier alpha value is -2.49. The van der Waals surface area contributed by atoms with E-state index in [0.717, 1.165) is 0 Å². The number of ether oxygens (including phenoxy) is 2. The Bertz CT molecular complexity index is 710. The van der Waals surface area contributed by atoms with Crippen LogP contribution in [0, 0.1) is 0 Å². The van der Waals surface area contributed by atoms with Crippen molar-refractivity contribution in [3.63, 3.8) is 0 Å². The lowest BCUT2D eigenvalue weighted by atomic mass is 10.0. The largest absolute Gasteiger partial charge is 0.484 e. The van der Waals surface area contributed by atoms with Gasteiger partial charge in [0.25, 0.3) is 5.91 Å². The van der Waals surface area contributed by atoms with E-state index in [2.05, 4.69) is 10.6 Å². The lowest BCUT2D eigenvalue weighted by molar-refractivity contribution is -0.153. The van der Waals surface area contributed by atoms with Crippen molar-refractivity contribution in [3.8, 4) is 11.5 Å². The van der Waals surface area contributed by atoms with Crippen molar-refractivity contribution in [1.29, 1.82) is 0 Å². The number of benzene rings is 1. The fourth-order valence-corrected chi connectivity index (χ4v) is 2.76. The fourth-order valence-electron chi connectivity index (χ4n) is 2.76. The number of urea groups is 1. The Morgan fingerprint density at radius 1 is 1.36 bits per heavy atom. The molecule has 1 aromatic rings. The normalized spacial score (nSPS) is 23.5. The van der Waals surface area contributed by atoms with Gasteiger partial charge in [-0.25, -0.2) is 4.79 Å². The van der Waals surface area contributed by atoms with Crippen LogP contribution in [-0.4, -0.2) is 48.4 Å². The average Bonchev–Trinajstić information content (AvgIpc) is 2.76. The highest BCUT2D eigenvalue weighted by molar-refractivity contribution is 6.06. The Balaban J connectivity index is 1.68. The molecule has 2 aliphatic heterocycles. The Morgan fingerprint density at radius 2 is 2.12 bits per heavy atom. The zero-order valence-electron chi connectivity index (χ0n) is 13.3. The number of nitrogens with zero attached hydrogens (tertiary/aromatic N) is 1. The predicted molar refractivity (Wildman–Crippen MR) is 79.0 cm³/mol. The molecule has 0 saturated carbocycles. The summed E-state index contributed by atoms with van der Waals surface area (Å²) >= 11 is 0. The molecule has 1 saturated heterocycles. The third-order valence-corrected chi connectivity index (χ3v) is 3.89. The molecule has 2 aliphatic rings. The highest BCUT2D eigenvalue weighted by atomic mass is 19.4. The molecular formula is C15H16F3N3O4. The number of hydrogen-bond acceptors (Lipinski definition) is 5. The lowest BCUT2D eigenvalue weighted by Gasteiger charge is -2.33. The quantitative estimate of drug-likeness (QED) is 0.794. The maximum atomic E-state index is 12.3. The van der Waals surface area contributed by atoms with Crippen LogP contribution in [-0.2, 0) is 11.3 Å². The molecule has 2 heterocycles. The maximum absolute atomic E-state index is 12.3. The van der Waals surface area contributed by atoms with Crippen molar-refractivity contribution in [2.45, 2.75) is 25.2 Å². The monoisotopic (exact) mass is 359 g/mol. The van der Waals surface area contributed by atoms with Gasteiger partial charge < -0.3 is 14.8 Å². The number of hydrogen-bond donors (Lipinski definition) is 2. The Morgan fingerprint density at radius 3 is 2.76 bits per heavy atom. The van der Waals surface area contributed by atoms with Crippen molar-refractivity contribution >= 4 is 11.9 Å². The van der Waals surface area contributed by atoms with E-state index in [1.54, 1.807) is 17.9 Å². The topological polar surface area (TPSA) is 79.9 Å². The molecule has 7 nitrogen and oxygen atoms in total. The third-order valence-electron chi connectivity index (χ3n) is 3.89. The molecule has 0 aromatic heterocycles. The Labute approximate surface area is 141 Å². The van der Waals surface area contributed by atoms with Gasteiger partial charge >= 0.3 is 12.2 Å². The van der Waals surface area contributed by atoms with Crippen LogP contribution in [0.2, 0.25) is 0 Å². The summed E-state index contributed by atoms with van der Waals surface area (Å²) in [4.78, 5) is 24.9. The minimum absolute atomic E-state index is 0.0830. The van der Waals surface area contributed by atoms with Crippen LogP contribution in [0.1, 0.15) is 12.5 Å². The van der Waals surface area contributed by atoms with E-state index in [0.29, 0.717) is 17.9 Å². The van der Waals surface area contributed by atoms with Gasteiger partial charge in [0, 0.05) is 18.7 Å². The highest BCUT2D eigenvalue weighted by Crippen LogP contribution is 2.30. The molecule has 2 N–H and O–H groups in total. The van der Waals surface area contributed by atoms with Gasteiger partial charge in [-0.1, -0.05) is 0 Å². The van der Waals surface area contributed by atoms with Crippen LogP contribution in [0.3, 0.4) is 0 Å². The van der Waals surface area contributed by atoms with Crippen molar-refractivity contribution in [2.24, 2.45) is 0 Å². The van der Waals surface area contributed by atoms with Gasteiger partial charge in [0.1, 0.15) is 23.8 Å². The van der Waals surface area contributed by atoms with Gasteiger partial charge in [0.15, 0.2) is 6.61 Å². The van der Waals surface area contributed by atoms with Crippen LogP contribution in [0.5, 0.6) is 11.5 Å². The SMILES string of the molecule is CC1(CN2COc3ccc(OCC(F)(F)F)cc3C2)NC(=O)NC1=O. The van der Waals surface area contributed by atoms with Gasteiger partial charge in [0.05, 0.1) is 0 Å². The van der Waals surface area contributed by atoms with Gasteiger partial charge in [0.2, 0.25) is 0 Å². The summed E-state index contributed by atoms with van der Waals surface area (Å²) in [5, 5.41) is 4.73. The second-order valence-corrected chi connectivity index (χ2v) is 6.17. The predicted octanol–water partition coefficient (Wildman–Crippen LogP) is 1.38. The first-order valence-electron chi connectivity index (χ1n) is 7.46. The van der Waals surface area contributed by atoms with E-state index >= 15 is 0 Å². The summed E-state index contributed by atoms with van der Waals surface area (Å²) in [5.74, 6) is 0.186. The molecule has 1 fully saturated rings. The van der Waals surface area contributed by atoms with E-state index in [1.807, 2.05) is 0 Å². The van der Waals surface area contributed by atoms with Crippen molar-refractivity contribution in [3.05, 3.63) is 23.8 Å². The maximum Gasteiger partial charge on any atom is 0.422 e. The summed E-state index contributed by atoms with van der Waals surface area (Å²) in [5.41, 5.74) is -0.457. The first-order chi connectivity index (χ1) is 11.6. The minimum Gasteiger partial charge on any atom is -0.484 e. The third kappa shape index (κ3) is 3.95. The number of nitrogens with one attached hydrogen (secondary N) is 2. The molecule has 25 heavy (non-hydrogen) atoms. The lowest BCUT2D eigenvalue weighted by Crippen LogP contribution is -2.53. The van der Waals surface area contributed by atoms with Crippen LogP contribution in [0.15, 0.2) is 18.2 Å². The first kappa shape index (κ1) is 17.3. The fraction of sp³-hybridized carbons (Fsp3) is 0.467. The zero-order chi connectivity index (χ0) is 18.2. The van der Waals surface area contributed by atoms with E-state index in [4.69, 9.17) is 9.47 Å². The molecule has 0 radical (unpaired) electrons. The van der Waals surface area contributed by atoms with Crippen LogP contribution >= 0.6 is 0 Å². The number of amides is 3. The molecule has 3 rings (SSSR count). The van der Waals surface area contributed by atoms with Gasteiger partial charge in [-0.2, -0.15) is 13.2 Å². The van der Waals surface area contributed by atoms with Crippen LogP contribution in [0.25, 0.3) is 0 Å². The molecule has 136 valence electrons. The van der Waals surface area contributed by atoms with E-state index < -0.39 is 30.3 Å². The molecule has 0 bridgehead atoms. The number of fused-ring (bicyclic) bond motifs is 1. The van der Waals surface area contributed by atoms with Crippen molar-refractivity contribution in [1.82, 2.24) is 15.5 Å². The number of carbonyl (C=O) groups excluding carboxylic acids is 2.